The Balaban J connectivity index is 1.33. The molecule has 0 bridgehead atoms. The minimum atomic E-state index is -0.448. The van der Waals surface area contributed by atoms with Gasteiger partial charge in [-0.05, 0) is 91.4 Å². The molecule has 2 aromatic carbocycles. The van der Waals surface area contributed by atoms with Crippen LogP contribution in [-0.2, 0) is 9.59 Å². The zero-order chi connectivity index (χ0) is 25.9. The number of amides is 2. The fourth-order valence-corrected chi connectivity index (χ4v) is 9.40. The number of carbonyl (C=O) groups is 2. The molecule has 5 nitrogen and oxygen atoms in total. The van der Waals surface area contributed by atoms with Gasteiger partial charge in [0.05, 0.1) is 6.10 Å². The zero-order valence-corrected chi connectivity index (χ0v) is 22.3. The highest BCUT2D eigenvalue weighted by Crippen LogP contribution is 2.66. The third kappa shape index (κ3) is 3.68. The van der Waals surface area contributed by atoms with Crippen molar-refractivity contribution in [3.05, 3.63) is 60.7 Å². The Morgan fingerprint density at radius 1 is 0.919 bits per heavy atom. The van der Waals surface area contributed by atoms with Gasteiger partial charge >= 0.3 is 0 Å². The molecule has 0 spiro atoms. The van der Waals surface area contributed by atoms with Crippen molar-refractivity contribution in [2.24, 2.45) is 34.5 Å². The van der Waals surface area contributed by atoms with Gasteiger partial charge in [0.15, 0.2) is 0 Å². The van der Waals surface area contributed by atoms with Crippen molar-refractivity contribution >= 4 is 23.2 Å². The Hall–Kier alpha value is -2.66. The van der Waals surface area contributed by atoms with E-state index in [0.29, 0.717) is 24.7 Å². The van der Waals surface area contributed by atoms with E-state index in [1.165, 1.54) is 0 Å². The van der Waals surface area contributed by atoms with E-state index in [1.54, 1.807) is 0 Å². The molecule has 1 aliphatic heterocycles. The molecule has 1 N–H and O–H groups in total. The van der Waals surface area contributed by atoms with Crippen molar-refractivity contribution in [2.45, 2.75) is 70.9 Å². The molecule has 4 aliphatic rings. The molecule has 6 rings (SSSR count). The molecule has 3 saturated carbocycles. The van der Waals surface area contributed by atoms with E-state index < -0.39 is 6.10 Å². The lowest BCUT2D eigenvalue weighted by Crippen LogP contribution is -2.64. The first-order chi connectivity index (χ1) is 17.8. The molecule has 37 heavy (non-hydrogen) atoms. The number of hydrogen-bond donors (Lipinski definition) is 1. The fraction of sp³-hybridized carbons (Fsp3) is 0.562. The molecular formula is C32H40N2O3. The van der Waals surface area contributed by atoms with E-state index in [1.807, 2.05) is 77.5 Å². The van der Waals surface area contributed by atoms with Gasteiger partial charge in [-0.25, -0.2) is 0 Å². The molecule has 1 saturated heterocycles. The molecule has 0 aromatic heterocycles. The summed E-state index contributed by atoms with van der Waals surface area (Å²) in [6.45, 7) is 4.61. The Morgan fingerprint density at radius 2 is 1.54 bits per heavy atom. The normalized spacial score (nSPS) is 38.9. The summed E-state index contributed by atoms with van der Waals surface area (Å²) in [5.41, 5.74) is 1.49. The van der Waals surface area contributed by atoms with Crippen molar-refractivity contribution in [3.63, 3.8) is 0 Å². The number of fused-ring (bicyclic) bond motifs is 5. The van der Waals surface area contributed by atoms with Gasteiger partial charge in [0, 0.05) is 36.8 Å². The first-order valence-electron chi connectivity index (χ1n) is 14.1. The van der Waals surface area contributed by atoms with Crippen molar-refractivity contribution in [1.82, 2.24) is 4.90 Å². The van der Waals surface area contributed by atoms with Gasteiger partial charge in [-0.2, -0.15) is 0 Å². The molecule has 2 aromatic rings. The van der Waals surface area contributed by atoms with Crippen LogP contribution in [0.5, 0.6) is 0 Å². The molecule has 196 valence electrons. The minimum Gasteiger partial charge on any atom is -0.393 e. The smallest absolute Gasteiger partial charge is 0.235 e. The summed E-state index contributed by atoms with van der Waals surface area (Å²) in [5, 5.41) is 11.8. The van der Waals surface area contributed by atoms with Crippen molar-refractivity contribution < 1.29 is 14.7 Å². The maximum atomic E-state index is 14.4. The van der Waals surface area contributed by atoms with Crippen LogP contribution in [0.25, 0.3) is 0 Å². The Bertz CT molecular complexity index is 1130. The summed E-state index contributed by atoms with van der Waals surface area (Å²) < 4.78 is 0. The molecule has 4 unspecified atom stereocenters. The summed E-state index contributed by atoms with van der Waals surface area (Å²) in [7, 11) is 1.95. The van der Waals surface area contributed by atoms with Gasteiger partial charge < -0.3 is 10.0 Å². The number of piperidine rings is 1. The van der Waals surface area contributed by atoms with E-state index in [9.17, 15) is 14.7 Å². The first kappa shape index (κ1) is 24.7. The number of carbonyl (C=O) groups excluding carboxylic acids is 2. The van der Waals surface area contributed by atoms with Crippen LogP contribution < -0.4 is 4.90 Å². The quantitative estimate of drug-likeness (QED) is 0.579. The fourth-order valence-electron chi connectivity index (χ4n) is 9.40. The first-order valence-corrected chi connectivity index (χ1v) is 14.1. The van der Waals surface area contributed by atoms with E-state index in [0.717, 1.165) is 43.5 Å². The van der Waals surface area contributed by atoms with E-state index in [4.69, 9.17) is 0 Å². The molecule has 2 amide bonds. The van der Waals surface area contributed by atoms with Crippen LogP contribution in [0.3, 0.4) is 0 Å². The van der Waals surface area contributed by atoms with Gasteiger partial charge in [0.1, 0.15) is 0 Å². The highest BCUT2D eigenvalue weighted by molar-refractivity contribution is 6.02. The Morgan fingerprint density at radius 3 is 2.16 bits per heavy atom. The number of aliphatic hydroxyl groups is 1. The molecule has 0 radical (unpaired) electrons. The van der Waals surface area contributed by atoms with Gasteiger partial charge in [0.2, 0.25) is 11.8 Å². The van der Waals surface area contributed by atoms with E-state index in [-0.39, 0.29) is 40.5 Å². The number of likely N-dealkylation sites (tertiary alicyclic amines) is 1. The number of rotatable bonds is 3. The second kappa shape index (κ2) is 8.97. The zero-order valence-electron chi connectivity index (χ0n) is 22.3. The van der Waals surface area contributed by atoms with Gasteiger partial charge in [0.25, 0.3) is 0 Å². The van der Waals surface area contributed by atoms with Gasteiger partial charge in [-0.15, -0.1) is 0 Å². The molecular weight excluding hydrogens is 460 g/mol. The summed E-state index contributed by atoms with van der Waals surface area (Å²) in [5.74, 6) is 1.27. The molecule has 4 fully saturated rings. The molecule has 5 heteroatoms. The third-order valence-corrected chi connectivity index (χ3v) is 11.0. The van der Waals surface area contributed by atoms with E-state index in [2.05, 4.69) is 13.8 Å². The van der Waals surface area contributed by atoms with Crippen LogP contribution in [0.2, 0.25) is 0 Å². The SMILES string of the molecule is CN1C(=O)CC[C@]2(C)C3C(O)C[C@@]4(C)C(CC[C@@H]4C(=O)N(c4ccccc4)c4ccccc4)C3CC[C@@H]12. The van der Waals surface area contributed by atoms with Crippen LogP contribution >= 0.6 is 0 Å². The van der Waals surface area contributed by atoms with Gasteiger partial charge in [-0.1, -0.05) is 50.2 Å². The maximum absolute atomic E-state index is 14.4. The largest absolute Gasteiger partial charge is 0.393 e. The van der Waals surface area contributed by atoms with Crippen molar-refractivity contribution in [1.29, 1.82) is 0 Å². The number of para-hydroxylation sites is 2. The lowest BCUT2D eigenvalue weighted by molar-refractivity contribution is -0.183. The predicted molar refractivity (Wildman–Crippen MR) is 145 cm³/mol. The number of benzene rings is 2. The second-order valence-corrected chi connectivity index (χ2v) is 12.7. The monoisotopic (exact) mass is 500 g/mol. The van der Waals surface area contributed by atoms with Crippen LogP contribution in [0.15, 0.2) is 60.7 Å². The second-order valence-electron chi connectivity index (χ2n) is 12.7. The highest BCUT2D eigenvalue weighted by Gasteiger charge is 2.65. The molecule has 8 atom stereocenters. The summed E-state index contributed by atoms with van der Waals surface area (Å²) in [4.78, 5) is 30.8. The highest BCUT2D eigenvalue weighted by atomic mass is 16.3. The van der Waals surface area contributed by atoms with Crippen molar-refractivity contribution in [2.75, 3.05) is 11.9 Å². The van der Waals surface area contributed by atoms with Crippen LogP contribution in [0, 0.1) is 34.5 Å². The Kier molecular flexibility index (Phi) is 5.98. The lowest BCUT2D eigenvalue weighted by atomic mass is 9.46. The maximum Gasteiger partial charge on any atom is 0.235 e. The van der Waals surface area contributed by atoms with Crippen molar-refractivity contribution in [3.8, 4) is 0 Å². The average Bonchev–Trinajstić information content (AvgIpc) is 3.24. The number of aliphatic hydroxyl groups excluding tert-OH is 1. The van der Waals surface area contributed by atoms with E-state index >= 15 is 0 Å². The topological polar surface area (TPSA) is 60.9 Å². The summed E-state index contributed by atoms with van der Waals surface area (Å²) in [6.07, 6.45) is 5.58. The summed E-state index contributed by atoms with van der Waals surface area (Å²) >= 11 is 0. The van der Waals surface area contributed by atoms with Crippen LogP contribution in [0.1, 0.15) is 58.8 Å². The summed E-state index contributed by atoms with van der Waals surface area (Å²) in [6, 6.07) is 20.1. The average molecular weight is 501 g/mol. The number of nitrogens with zero attached hydrogens (tertiary/aromatic N) is 2. The van der Waals surface area contributed by atoms with Gasteiger partial charge in [-0.3, -0.25) is 14.5 Å². The third-order valence-electron chi connectivity index (χ3n) is 11.0. The predicted octanol–water partition coefficient (Wildman–Crippen LogP) is 5.80. The Labute approximate surface area is 220 Å². The number of hydrogen-bond acceptors (Lipinski definition) is 3. The minimum absolute atomic E-state index is 0.0610. The standard InChI is InChI=1S/C32H40N2O3/c1-31-19-18-28(36)33(3)27(31)17-14-23-24-15-16-25(32(24,2)20-26(35)29(23)31)30(37)34(21-10-6-4-7-11-21)22-12-8-5-9-13-22/h4-13,23-27,29,35H,14-20H2,1-3H3/t23?,24?,25-,26?,27-,29?,31+,32+/m1/s1. The van der Waals surface area contributed by atoms with Crippen LogP contribution in [0.4, 0.5) is 11.4 Å². The number of anilines is 2. The molecule has 1 heterocycles. The lowest BCUT2D eigenvalue weighted by Gasteiger charge is -2.63. The molecule has 3 aliphatic carbocycles. The van der Waals surface area contributed by atoms with Crippen LogP contribution in [-0.4, -0.2) is 41.0 Å².